The van der Waals surface area contributed by atoms with Crippen LogP contribution < -0.4 is 5.73 Å². The van der Waals surface area contributed by atoms with Crippen molar-refractivity contribution in [3.63, 3.8) is 0 Å². The highest BCUT2D eigenvalue weighted by Crippen LogP contribution is 2.20. The fraction of sp³-hybridized carbons (Fsp3) is 1.00. The maximum Gasteiger partial charge on any atom is 0.0149 e. The zero-order valence-corrected chi connectivity index (χ0v) is 9.19. The largest absolute Gasteiger partial charge is 0.325 e. The lowest BCUT2D eigenvalue weighted by Crippen LogP contribution is -2.38. The maximum atomic E-state index is 6.18. The molecular formula is C11H25N. The first kappa shape index (κ1) is 12.0. The summed E-state index contributed by atoms with van der Waals surface area (Å²) in [5, 5.41) is 0. The molecule has 0 aromatic rings. The highest BCUT2D eigenvalue weighted by molar-refractivity contribution is 4.80. The minimum absolute atomic E-state index is 0.120. The summed E-state index contributed by atoms with van der Waals surface area (Å²) >= 11 is 0. The van der Waals surface area contributed by atoms with Gasteiger partial charge in [-0.1, -0.05) is 40.5 Å². The summed E-state index contributed by atoms with van der Waals surface area (Å²) in [6.07, 6.45) is 6.02. The number of rotatable bonds is 6. The van der Waals surface area contributed by atoms with Crippen LogP contribution in [-0.2, 0) is 0 Å². The Kier molecular flexibility index (Phi) is 5.56. The fourth-order valence-electron chi connectivity index (χ4n) is 1.47. The Labute approximate surface area is 77.7 Å². The van der Waals surface area contributed by atoms with Crippen LogP contribution in [0.4, 0.5) is 0 Å². The van der Waals surface area contributed by atoms with Gasteiger partial charge in [0.1, 0.15) is 0 Å². The Hall–Kier alpha value is -0.0400. The Morgan fingerprint density at radius 3 is 2.00 bits per heavy atom. The van der Waals surface area contributed by atoms with Gasteiger partial charge in [0, 0.05) is 5.54 Å². The molecular weight excluding hydrogens is 146 g/mol. The molecule has 0 saturated carbocycles. The van der Waals surface area contributed by atoms with Crippen molar-refractivity contribution < 1.29 is 0 Å². The Bertz CT molecular complexity index is 104. The molecule has 0 aromatic heterocycles. The van der Waals surface area contributed by atoms with Crippen LogP contribution in [0.3, 0.4) is 0 Å². The molecule has 74 valence electrons. The van der Waals surface area contributed by atoms with E-state index >= 15 is 0 Å². The van der Waals surface area contributed by atoms with Gasteiger partial charge in [0.2, 0.25) is 0 Å². The van der Waals surface area contributed by atoms with Crippen LogP contribution in [0.25, 0.3) is 0 Å². The summed E-state index contributed by atoms with van der Waals surface area (Å²) in [6.45, 7) is 8.93. The molecule has 2 N–H and O–H groups in total. The third-order valence-corrected chi connectivity index (χ3v) is 2.86. The number of hydrogen-bond acceptors (Lipinski definition) is 1. The molecule has 1 heteroatoms. The molecule has 0 amide bonds. The summed E-state index contributed by atoms with van der Waals surface area (Å²) in [7, 11) is 0. The monoisotopic (exact) mass is 171 g/mol. The second kappa shape index (κ2) is 5.58. The molecule has 12 heavy (non-hydrogen) atoms. The predicted octanol–water partition coefficient (Wildman–Crippen LogP) is 3.33. The van der Waals surface area contributed by atoms with Gasteiger partial charge in [-0.05, 0) is 25.2 Å². The quantitative estimate of drug-likeness (QED) is 0.652. The smallest absolute Gasteiger partial charge is 0.0149 e. The average molecular weight is 171 g/mol. The molecule has 0 aromatic carbocycles. The van der Waals surface area contributed by atoms with Crippen molar-refractivity contribution in [3.8, 4) is 0 Å². The highest BCUT2D eigenvalue weighted by Gasteiger charge is 2.18. The van der Waals surface area contributed by atoms with Gasteiger partial charge >= 0.3 is 0 Å². The van der Waals surface area contributed by atoms with E-state index in [-0.39, 0.29) is 5.54 Å². The van der Waals surface area contributed by atoms with Crippen molar-refractivity contribution in [2.75, 3.05) is 0 Å². The van der Waals surface area contributed by atoms with Gasteiger partial charge < -0.3 is 5.73 Å². The van der Waals surface area contributed by atoms with Crippen molar-refractivity contribution in [2.45, 2.75) is 65.3 Å². The van der Waals surface area contributed by atoms with Crippen molar-refractivity contribution in [2.24, 2.45) is 11.7 Å². The van der Waals surface area contributed by atoms with Crippen molar-refractivity contribution in [3.05, 3.63) is 0 Å². The standard InChI is InChI=1S/C11H25N/c1-5-11(12,6-2)9-7-8-10(3)4/h10H,5-9,12H2,1-4H3. The molecule has 1 nitrogen and oxygen atoms in total. The first-order chi connectivity index (χ1) is 5.54. The van der Waals surface area contributed by atoms with E-state index in [9.17, 15) is 0 Å². The SMILES string of the molecule is CCC(N)(CC)CCCC(C)C. The topological polar surface area (TPSA) is 26.0 Å². The molecule has 0 spiro atoms. The lowest BCUT2D eigenvalue weighted by Gasteiger charge is -2.26. The predicted molar refractivity (Wildman–Crippen MR) is 56.2 cm³/mol. The van der Waals surface area contributed by atoms with E-state index in [1.54, 1.807) is 0 Å². The van der Waals surface area contributed by atoms with Gasteiger partial charge in [0.25, 0.3) is 0 Å². The first-order valence-electron chi connectivity index (χ1n) is 5.33. The second-order valence-corrected chi connectivity index (χ2v) is 4.36. The minimum atomic E-state index is 0.120. The first-order valence-corrected chi connectivity index (χ1v) is 5.33. The van der Waals surface area contributed by atoms with E-state index in [2.05, 4.69) is 27.7 Å². The van der Waals surface area contributed by atoms with E-state index in [4.69, 9.17) is 5.73 Å². The van der Waals surface area contributed by atoms with Gasteiger partial charge in [-0.3, -0.25) is 0 Å². The van der Waals surface area contributed by atoms with Crippen LogP contribution in [0.5, 0.6) is 0 Å². The third kappa shape index (κ3) is 4.76. The van der Waals surface area contributed by atoms with Crippen LogP contribution in [0.1, 0.15) is 59.8 Å². The second-order valence-electron chi connectivity index (χ2n) is 4.36. The Morgan fingerprint density at radius 1 is 1.17 bits per heavy atom. The zero-order valence-electron chi connectivity index (χ0n) is 9.19. The van der Waals surface area contributed by atoms with E-state index in [0.29, 0.717) is 0 Å². The normalized spacial score (nSPS) is 12.5. The minimum Gasteiger partial charge on any atom is -0.325 e. The van der Waals surface area contributed by atoms with Gasteiger partial charge in [-0.2, -0.15) is 0 Å². The van der Waals surface area contributed by atoms with Crippen LogP contribution >= 0.6 is 0 Å². The van der Waals surface area contributed by atoms with E-state index in [1.807, 2.05) is 0 Å². The summed E-state index contributed by atoms with van der Waals surface area (Å²) in [5.74, 6) is 0.822. The molecule has 0 radical (unpaired) electrons. The van der Waals surface area contributed by atoms with Crippen molar-refractivity contribution in [1.29, 1.82) is 0 Å². The highest BCUT2D eigenvalue weighted by atomic mass is 14.7. The van der Waals surface area contributed by atoms with Crippen LogP contribution in [0.2, 0.25) is 0 Å². The average Bonchev–Trinajstić information content (AvgIpc) is 2.03. The van der Waals surface area contributed by atoms with E-state index in [1.165, 1.54) is 19.3 Å². The fourth-order valence-corrected chi connectivity index (χ4v) is 1.47. The van der Waals surface area contributed by atoms with Gasteiger partial charge in [0.15, 0.2) is 0 Å². The molecule has 0 fully saturated rings. The van der Waals surface area contributed by atoms with Crippen molar-refractivity contribution >= 4 is 0 Å². The number of nitrogens with two attached hydrogens (primary N) is 1. The van der Waals surface area contributed by atoms with E-state index in [0.717, 1.165) is 18.8 Å². The molecule has 0 heterocycles. The van der Waals surface area contributed by atoms with Gasteiger partial charge in [-0.25, -0.2) is 0 Å². The van der Waals surface area contributed by atoms with Gasteiger partial charge in [-0.15, -0.1) is 0 Å². The molecule has 0 aliphatic rings. The summed E-state index contributed by atoms with van der Waals surface area (Å²) in [5.41, 5.74) is 6.30. The molecule has 0 aliphatic carbocycles. The summed E-state index contributed by atoms with van der Waals surface area (Å²) in [6, 6.07) is 0. The van der Waals surface area contributed by atoms with Crippen molar-refractivity contribution in [1.82, 2.24) is 0 Å². The Morgan fingerprint density at radius 2 is 1.67 bits per heavy atom. The van der Waals surface area contributed by atoms with Crippen LogP contribution in [0, 0.1) is 5.92 Å². The molecule has 0 rings (SSSR count). The zero-order chi connectivity index (χ0) is 9.61. The summed E-state index contributed by atoms with van der Waals surface area (Å²) in [4.78, 5) is 0. The molecule has 0 aliphatic heterocycles. The molecule has 0 unspecified atom stereocenters. The molecule has 0 saturated heterocycles. The Balaban J connectivity index is 3.58. The third-order valence-electron chi connectivity index (χ3n) is 2.86. The molecule has 0 atom stereocenters. The van der Waals surface area contributed by atoms with Gasteiger partial charge in [0.05, 0.1) is 0 Å². The maximum absolute atomic E-state index is 6.18. The lowest BCUT2D eigenvalue weighted by molar-refractivity contribution is 0.343. The summed E-state index contributed by atoms with van der Waals surface area (Å²) < 4.78 is 0. The van der Waals surface area contributed by atoms with Crippen LogP contribution in [0.15, 0.2) is 0 Å². The van der Waals surface area contributed by atoms with Crippen LogP contribution in [-0.4, -0.2) is 5.54 Å². The number of hydrogen-bond donors (Lipinski definition) is 1. The molecule has 0 bridgehead atoms. The van der Waals surface area contributed by atoms with E-state index < -0.39 is 0 Å². The lowest BCUT2D eigenvalue weighted by atomic mass is 9.87.